The fraction of sp³-hybridized carbons (Fsp3) is 0.684. The second-order valence-electron chi connectivity index (χ2n) is 7.11. The Labute approximate surface area is 154 Å². The molecule has 2 amide bonds. The van der Waals surface area contributed by atoms with Crippen molar-refractivity contribution in [2.24, 2.45) is 0 Å². The highest BCUT2D eigenvalue weighted by atomic mass is 16.5. The Bertz CT molecular complexity index is 658. The standard InChI is InChI=1S/C19H28N4O3/c1-14-15(19(25)22-9-5-3-6-10-22)12-20-18(21-14)16-8-4-7-11-23(16)17(24)13-26-2/h12,16H,3-11,13H2,1-2H3/t16-/m0/s1. The zero-order valence-corrected chi connectivity index (χ0v) is 15.7. The lowest BCUT2D eigenvalue weighted by atomic mass is 10.0. The molecule has 2 saturated heterocycles. The number of hydrogen-bond acceptors (Lipinski definition) is 5. The molecule has 0 radical (unpaired) electrons. The van der Waals surface area contributed by atoms with E-state index in [1.165, 1.54) is 13.5 Å². The van der Waals surface area contributed by atoms with Crippen molar-refractivity contribution in [3.8, 4) is 0 Å². The van der Waals surface area contributed by atoms with Crippen LogP contribution in [0.25, 0.3) is 0 Å². The maximum absolute atomic E-state index is 12.7. The Hall–Kier alpha value is -2.02. The third-order valence-corrected chi connectivity index (χ3v) is 5.26. The van der Waals surface area contributed by atoms with Gasteiger partial charge in [-0.2, -0.15) is 0 Å². The van der Waals surface area contributed by atoms with Crippen molar-refractivity contribution in [3.63, 3.8) is 0 Å². The Kier molecular flexibility index (Phi) is 6.19. The molecule has 26 heavy (non-hydrogen) atoms. The highest BCUT2D eigenvalue weighted by Gasteiger charge is 2.30. The summed E-state index contributed by atoms with van der Waals surface area (Å²) in [4.78, 5) is 37.9. The van der Waals surface area contributed by atoms with Crippen LogP contribution >= 0.6 is 0 Å². The van der Waals surface area contributed by atoms with Gasteiger partial charge < -0.3 is 14.5 Å². The number of aryl methyl sites for hydroxylation is 1. The summed E-state index contributed by atoms with van der Waals surface area (Å²) in [7, 11) is 1.53. The van der Waals surface area contributed by atoms with Gasteiger partial charge in [0.05, 0.1) is 17.3 Å². The molecule has 1 atom stereocenters. The molecule has 0 spiro atoms. The smallest absolute Gasteiger partial charge is 0.257 e. The van der Waals surface area contributed by atoms with Crippen LogP contribution in [0.5, 0.6) is 0 Å². The number of amides is 2. The van der Waals surface area contributed by atoms with Gasteiger partial charge in [-0.25, -0.2) is 9.97 Å². The van der Waals surface area contributed by atoms with Crippen LogP contribution in [0.4, 0.5) is 0 Å². The third kappa shape index (κ3) is 4.03. The normalized spacial score (nSPS) is 20.9. The van der Waals surface area contributed by atoms with Crippen LogP contribution in [0.1, 0.15) is 66.4 Å². The van der Waals surface area contributed by atoms with Gasteiger partial charge in [-0.15, -0.1) is 0 Å². The molecule has 0 saturated carbocycles. The van der Waals surface area contributed by atoms with Crippen molar-refractivity contribution in [1.82, 2.24) is 19.8 Å². The number of aromatic nitrogens is 2. The van der Waals surface area contributed by atoms with E-state index in [1.54, 1.807) is 6.20 Å². The summed E-state index contributed by atoms with van der Waals surface area (Å²) in [5.74, 6) is 0.610. The van der Waals surface area contributed by atoms with Crippen molar-refractivity contribution in [2.75, 3.05) is 33.4 Å². The van der Waals surface area contributed by atoms with Gasteiger partial charge in [-0.3, -0.25) is 9.59 Å². The molecule has 0 N–H and O–H groups in total. The van der Waals surface area contributed by atoms with Gasteiger partial charge >= 0.3 is 0 Å². The van der Waals surface area contributed by atoms with Gasteiger partial charge in [0.2, 0.25) is 5.91 Å². The minimum Gasteiger partial charge on any atom is -0.375 e. The minimum atomic E-state index is -0.135. The van der Waals surface area contributed by atoms with Crippen LogP contribution in [0.3, 0.4) is 0 Å². The van der Waals surface area contributed by atoms with Crippen LogP contribution < -0.4 is 0 Å². The summed E-state index contributed by atoms with van der Waals surface area (Å²) in [6.07, 6.45) is 7.81. The molecule has 1 aromatic rings. The van der Waals surface area contributed by atoms with E-state index in [-0.39, 0.29) is 24.5 Å². The second kappa shape index (κ2) is 8.58. The maximum Gasteiger partial charge on any atom is 0.257 e. The molecule has 142 valence electrons. The molecule has 3 heterocycles. The van der Waals surface area contributed by atoms with Crippen LogP contribution in [0.15, 0.2) is 6.20 Å². The SMILES string of the molecule is COCC(=O)N1CCCC[C@H]1c1ncc(C(=O)N2CCCCC2)c(C)n1. The molecular formula is C19H28N4O3. The van der Waals surface area contributed by atoms with Crippen molar-refractivity contribution in [2.45, 2.75) is 51.5 Å². The van der Waals surface area contributed by atoms with Crippen molar-refractivity contribution < 1.29 is 14.3 Å². The topological polar surface area (TPSA) is 75.6 Å². The zero-order valence-electron chi connectivity index (χ0n) is 15.7. The average molecular weight is 360 g/mol. The van der Waals surface area contributed by atoms with E-state index in [4.69, 9.17) is 4.74 Å². The lowest BCUT2D eigenvalue weighted by Crippen LogP contribution is -2.41. The number of ether oxygens (including phenoxy) is 1. The van der Waals surface area contributed by atoms with Crippen LogP contribution in [-0.4, -0.2) is 64.9 Å². The molecule has 0 aliphatic carbocycles. The maximum atomic E-state index is 12.7. The summed E-state index contributed by atoms with van der Waals surface area (Å²) in [5, 5.41) is 0. The van der Waals surface area contributed by atoms with Crippen LogP contribution in [-0.2, 0) is 9.53 Å². The first-order valence-corrected chi connectivity index (χ1v) is 9.53. The molecule has 7 nitrogen and oxygen atoms in total. The van der Waals surface area contributed by atoms with Gasteiger partial charge in [0.1, 0.15) is 6.61 Å². The van der Waals surface area contributed by atoms with Gasteiger partial charge in [-0.1, -0.05) is 0 Å². The monoisotopic (exact) mass is 360 g/mol. The van der Waals surface area contributed by atoms with E-state index in [9.17, 15) is 9.59 Å². The molecule has 7 heteroatoms. The number of piperidine rings is 2. The lowest BCUT2D eigenvalue weighted by molar-refractivity contribution is -0.139. The van der Waals surface area contributed by atoms with E-state index >= 15 is 0 Å². The van der Waals surface area contributed by atoms with Gasteiger partial charge in [-0.05, 0) is 45.4 Å². The first kappa shape index (κ1) is 18.8. The fourth-order valence-corrected chi connectivity index (χ4v) is 3.83. The highest BCUT2D eigenvalue weighted by Crippen LogP contribution is 2.29. The Morgan fingerprint density at radius 3 is 2.58 bits per heavy atom. The Morgan fingerprint density at radius 1 is 1.15 bits per heavy atom. The van der Waals surface area contributed by atoms with E-state index in [2.05, 4.69) is 9.97 Å². The number of carbonyl (C=O) groups excluding carboxylic acids is 2. The molecule has 0 aromatic carbocycles. The average Bonchev–Trinajstić information content (AvgIpc) is 2.68. The summed E-state index contributed by atoms with van der Waals surface area (Å²) >= 11 is 0. The molecular weight excluding hydrogens is 332 g/mol. The first-order chi connectivity index (χ1) is 12.6. The zero-order chi connectivity index (χ0) is 18.5. The number of hydrogen-bond donors (Lipinski definition) is 0. The summed E-state index contributed by atoms with van der Waals surface area (Å²) in [6.45, 7) is 4.24. The molecule has 2 fully saturated rings. The number of methoxy groups -OCH3 is 1. The predicted octanol–water partition coefficient (Wildman–Crippen LogP) is 2.11. The summed E-state index contributed by atoms with van der Waals surface area (Å²) < 4.78 is 5.00. The summed E-state index contributed by atoms with van der Waals surface area (Å²) in [6, 6.07) is -0.135. The number of carbonyl (C=O) groups is 2. The quantitative estimate of drug-likeness (QED) is 0.822. The third-order valence-electron chi connectivity index (χ3n) is 5.26. The van der Waals surface area contributed by atoms with Gasteiger partial charge in [0, 0.05) is 32.9 Å². The van der Waals surface area contributed by atoms with Crippen molar-refractivity contribution in [3.05, 3.63) is 23.3 Å². The molecule has 1 aromatic heterocycles. The molecule has 3 rings (SSSR count). The Balaban J connectivity index is 1.79. The van der Waals surface area contributed by atoms with E-state index in [1.807, 2.05) is 16.7 Å². The van der Waals surface area contributed by atoms with E-state index in [0.717, 1.165) is 45.2 Å². The fourth-order valence-electron chi connectivity index (χ4n) is 3.83. The number of nitrogens with zero attached hydrogens (tertiary/aromatic N) is 4. The number of likely N-dealkylation sites (tertiary alicyclic amines) is 2. The van der Waals surface area contributed by atoms with E-state index in [0.29, 0.717) is 23.6 Å². The van der Waals surface area contributed by atoms with Crippen molar-refractivity contribution in [1.29, 1.82) is 0 Å². The predicted molar refractivity (Wildman–Crippen MR) is 96.7 cm³/mol. The Morgan fingerprint density at radius 2 is 1.88 bits per heavy atom. The van der Waals surface area contributed by atoms with Crippen molar-refractivity contribution >= 4 is 11.8 Å². The van der Waals surface area contributed by atoms with Gasteiger partial charge in [0.25, 0.3) is 5.91 Å². The van der Waals surface area contributed by atoms with Crippen LogP contribution in [0.2, 0.25) is 0 Å². The second-order valence-corrected chi connectivity index (χ2v) is 7.11. The summed E-state index contributed by atoms with van der Waals surface area (Å²) in [5.41, 5.74) is 1.26. The van der Waals surface area contributed by atoms with Crippen LogP contribution in [0, 0.1) is 6.92 Å². The molecule has 0 bridgehead atoms. The molecule has 2 aliphatic heterocycles. The highest BCUT2D eigenvalue weighted by molar-refractivity contribution is 5.95. The number of rotatable bonds is 4. The van der Waals surface area contributed by atoms with Gasteiger partial charge in [0.15, 0.2) is 5.82 Å². The largest absolute Gasteiger partial charge is 0.375 e. The lowest BCUT2D eigenvalue weighted by Gasteiger charge is -2.34. The molecule has 0 unspecified atom stereocenters. The minimum absolute atomic E-state index is 0.0182. The van der Waals surface area contributed by atoms with E-state index < -0.39 is 0 Å². The molecule has 2 aliphatic rings. The first-order valence-electron chi connectivity index (χ1n) is 9.53.